The minimum atomic E-state index is -4.16. The van der Waals surface area contributed by atoms with E-state index in [4.69, 9.17) is 0 Å². The molecule has 9 heteroatoms. The number of aryl methyl sites for hydroxylation is 1. The molecule has 0 radical (unpaired) electrons. The molecule has 0 saturated carbocycles. The quantitative estimate of drug-likeness (QED) is 0.219. The first kappa shape index (κ1) is 31.4. The second-order valence-electron chi connectivity index (χ2n) is 10.3. The molecule has 43 heavy (non-hydrogen) atoms. The molecule has 0 unspecified atom stereocenters. The van der Waals surface area contributed by atoms with Crippen molar-refractivity contribution in [2.24, 2.45) is 0 Å². The molecule has 224 valence electrons. The largest absolute Gasteiger partial charge is 0.354 e. The van der Waals surface area contributed by atoms with Crippen molar-refractivity contribution >= 4 is 27.5 Å². The second kappa shape index (κ2) is 14.6. The van der Waals surface area contributed by atoms with Crippen LogP contribution in [0.5, 0.6) is 0 Å². The van der Waals surface area contributed by atoms with Gasteiger partial charge in [-0.25, -0.2) is 12.8 Å². The van der Waals surface area contributed by atoms with Gasteiger partial charge in [-0.1, -0.05) is 85.3 Å². The van der Waals surface area contributed by atoms with Crippen molar-refractivity contribution in [2.75, 3.05) is 17.4 Å². The molecule has 0 saturated heterocycles. The fourth-order valence-corrected chi connectivity index (χ4v) is 6.10. The van der Waals surface area contributed by atoms with Gasteiger partial charge in [0.2, 0.25) is 11.8 Å². The van der Waals surface area contributed by atoms with E-state index in [1.165, 1.54) is 29.2 Å². The van der Waals surface area contributed by atoms with Crippen LogP contribution in [0.4, 0.5) is 10.1 Å². The van der Waals surface area contributed by atoms with Crippen LogP contribution in [0.25, 0.3) is 0 Å². The predicted molar refractivity (Wildman–Crippen MR) is 166 cm³/mol. The van der Waals surface area contributed by atoms with E-state index >= 15 is 0 Å². The third-order valence-electron chi connectivity index (χ3n) is 7.02. The Morgan fingerprint density at radius 3 is 2.02 bits per heavy atom. The summed E-state index contributed by atoms with van der Waals surface area (Å²) in [4.78, 5) is 29.4. The normalized spacial score (nSPS) is 11.9. The maximum Gasteiger partial charge on any atom is 0.264 e. The monoisotopic (exact) mass is 601 g/mol. The second-order valence-corrected chi connectivity index (χ2v) is 12.2. The lowest BCUT2D eigenvalue weighted by Crippen LogP contribution is -2.53. The number of anilines is 1. The lowest BCUT2D eigenvalue weighted by molar-refractivity contribution is -0.140. The molecule has 1 atom stereocenters. The van der Waals surface area contributed by atoms with E-state index in [-0.39, 0.29) is 23.8 Å². The van der Waals surface area contributed by atoms with Gasteiger partial charge in [-0.2, -0.15) is 0 Å². The Labute approximate surface area is 253 Å². The zero-order valence-corrected chi connectivity index (χ0v) is 25.1. The Kier molecular flexibility index (Phi) is 10.7. The zero-order valence-electron chi connectivity index (χ0n) is 24.3. The summed E-state index contributed by atoms with van der Waals surface area (Å²) in [6, 6.07) is 28.8. The molecule has 0 aromatic heterocycles. The summed E-state index contributed by atoms with van der Waals surface area (Å²) in [5.74, 6) is -1.35. The lowest BCUT2D eigenvalue weighted by Gasteiger charge is -2.34. The zero-order chi connectivity index (χ0) is 30.8. The fourth-order valence-electron chi connectivity index (χ4n) is 4.67. The number of carbonyl (C=O) groups is 2. The number of sulfonamides is 1. The minimum absolute atomic E-state index is 0.0245. The van der Waals surface area contributed by atoms with Gasteiger partial charge in [0, 0.05) is 19.5 Å². The number of hydrogen-bond acceptors (Lipinski definition) is 4. The van der Waals surface area contributed by atoms with Gasteiger partial charge in [0.15, 0.2) is 0 Å². The maximum atomic E-state index is 14.3. The lowest BCUT2D eigenvalue weighted by atomic mass is 10.0. The molecule has 4 rings (SSSR count). The van der Waals surface area contributed by atoms with Crippen LogP contribution < -0.4 is 9.62 Å². The molecule has 7 nitrogen and oxygen atoms in total. The highest BCUT2D eigenvalue weighted by Crippen LogP contribution is 2.25. The fraction of sp³-hybridized carbons (Fsp3) is 0.235. The molecule has 0 aliphatic carbocycles. The highest BCUT2D eigenvalue weighted by Gasteiger charge is 2.34. The maximum absolute atomic E-state index is 14.3. The Bertz CT molecular complexity index is 1600. The van der Waals surface area contributed by atoms with Crippen molar-refractivity contribution in [3.05, 3.63) is 132 Å². The minimum Gasteiger partial charge on any atom is -0.354 e. The van der Waals surface area contributed by atoms with Gasteiger partial charge in [0.05, 0.1) is 10.6 Å². The van der Waals surface area contributed by atoms with Gasteiger partial charge in [-0.3, -0.25) is 13.9 Å². The smallest absolute Gasteiger partial charge is 0.264 e. The molecule has 2 amide bonds. The number of rotatable bonds is 13. The van der Waals surface area contributed by atoms with E-state index in [1.54, 1.807) is 54.6 Å². The summed E-state index contributed by atoms with van der Waals surface area (Å²) in [5.41, 5.74) is 2.69. The van der Waals surface area contributed by atoms with Crippen LogP contribution in [0.3, 0.4) is 0 Å². The van der Waals surface area contributed by atoms with Crippen molar-refractivity contribution < 1.29 is 22.4 Å². The van der Waals surface area contributed by atoms with Crippen LogP contribution >= 0.6 is 0 Å². The summed E-state index contributed by atoms with van der Waals surface area (Å²) in [6.45, 7) is 3.66. The van der Waals surface area contributed by atoms with Crippen LogP contribution in [-0.2, 0) is 32.6 Å². The highest BCUT2D eigenvalue weighted by atomic mass is 32.2. The van der Waals surface area contributed by atoms with Crippen LogP contribution in [0.1, 0.15) is 30.0 Å². The van der Waals surface area contributed by atoms with Crippen LogP contribution in [0, 0.1) is 12.7 Å². The van der Waals surface area contributed by atoms with Gasteiger partial charge in [0.1, 0.15) is 18.4 Å². The van der Waals surface area contributed by atoms with Gasteiger partial charge >= 0.3 is 0 Å². The van der Waals surface area contributed by atoms with Crippen molar-refractivity contribution in [3.8, 4) is 0 Å². The van der Waals surface area contributed by atoms with Crippen molar-refractivity contribution in [1.82, 2.24) is 10.2 Å². The first-order valence-corrected chi connectivity index (χ1v) is 15.6. The molecule has 0 spiro atoms. The third kappa shape index (κ3) is 8.29. The number of benzene rings is 4. The molecule has 4 aromatic carbocycles. The summed E-state index contributed by atoms with van der Waals surface area (Å²) < 4.78 is 42.7. The average molecular weight is 602 g/mol. The molecular weight excluding hydrogens is 565 g/mol. The number of nitrogens with zero attached hydrogens (tertiary/aromatic N) is 2. The Morgan fingerprint density at radius 1 is 0.814 bits per heavy atom. The van der Waals surface area contributed by atoms with Crippen molar-refractivity contribution in [1.29, 1.82) is 0 Å². The Hall–Kier alpha value is -4.50. The topological polar surface area (TPSA) is 86.8 Å². The molecule has 0 aliphatic heterocycles. The van der Waals surface area contributed by atoms with Gasteiger partial charge in [-0.05, 0) is 60.9 Å². The van der Waals surface area contributed by atoms with Crippen LogP contribution in [0.2, 0.25) is 0 Å². The molecule has 1 N–H and O–H groups in total. The summed E-state index contributed by atoms with van der Waals surface area (Å²) >= 11 is 0. The van der Waals surface area contributed by atoms with E-state index in [9.17, 15) is 22.4 Å². The number of nitrogens with one attached hydrogen (secondary N) is 1. The average Bonchev–Trinajstić information content (AvgIpc) is 3.02. The molecule has 0 fully saturated rings. The number of halogens is 1. The molecule has 0 bridgehead atoms. The standard InChI is InChI=1S/C34H36FN3O4S/c1-3-22-36-34(40)32(23-27-10-6-4-7-11-27)37(24-28-16-18-29(35)19-17-28)33(39)25-38(30-20-14-26(2)15-21-30)43(41,42)31-12-8-5-9-13-31/h4-21,32H,3,22-25H2,1-2H3,(H,36,40)/t32-/m1/s1. The first-order valence-electron chi connectivity index (χ1n) is 14.2. The number of carbonyl (C=O) groups excluding carboxylic acids is 2. The summed E-state index contributed by atoms with van der Waals surface area (Å²) in [6.07, 6.45) is 0.908. The number of amides is 2. The first-order chi connectivity index (χ1) is 20.7. The molecule has 0 heterocycles. The van der Waals surface area contributed by atoms with Gasteiger partial charge < -0.3 is 10.2 Å². The highest BCUT2D eigenvalue weighted by molar-refractivity contribution is 7.92. The van der Waals surface area contributed by atoms with E-state index < -0.39 is 34.3 Å². The predicted octanol–water partition coefficient (Wildman–Crippen LogP) is 5.50. The van der Waals surface area contributed by atoms with Crippen LogP contribution in [-0.4, -0.2) is 44.3 Å². The summed E-state index contributed by atoms with van der Waals surface area (Å²) in [5, 5.41) is 2.91. The van der Waals surface area contributed by atoms with Gasteiger partial charge in [-0.15, -0.1) is 0 Å². The SMILES string of the molecule is CCCNC(=O)[C@@H](Cc1ccccc1)N(Cc1ccc(F)cc1)C(=O)CN(c1ccc(C)cc1)S(=O)(=O)c1ccccc1. The molecule has 4 aromatic rings. The van der Waals surface area contributed by atoms with Crippen molar-refractivity contribution in [3.63, 3.8) is 0 Å². The van der Waals surface area contributed by atoms with E-state index in [0.29, 0.717) is 24.2 Å². The van der Waals surface area contributed by atoms with E-state index in [0.717, 1.165) is 15.4 Å². The number of hydrogen-bond donors (Lipinski definition) is 1. The summed E-state index contributed by atoms with van der Waals surface area (Å²) in [7, 11) is -4.16. The van der Waals surface area contributed by atoms with E-state index in [2.05, 4.69) is 5.32 Å². The van der Waals surface area contributed by atoms with Crippen LogP contribution in [0.15, 0.2) is 114 Å². The van der Waals surface area contributed by atoms with Gasteiger partial charge in [0.25, 0.3) is 10.0 Å². The third-order valence-corrected chi connectivity index (χ3v) is 8.81. The van der Waals surface area contributed by atoms with Crippen molar-refractivity contribution in [2.45, 2.75) is 44.2 Å². The molecular formula is C34H36FN3O4S. The Morgan fingerprint density at radius 2 is 1.42 bits per heavy atom. The molecule has 0 aliphatic rings. The van der Waals surface area contributed by atoms with E-state index in [1.807, 2.05) is 44.2 Å². The Balaban J connectivity index is 1.78.